The topological polar surface area (TPSA) is 62.0 Å². The Balaban J connectivity index is 2.43. The van der Waals surface area contributed by atoms with Gasteiger partial charge in [-0.2, -0.15) is 0 Å². The second kappa shape index (κ2) is 3.44. The van der Waals surface area contributed by atoms with E-state index >= 15 is 0 Å². The van der Waals surface area contributed by atoms with Gasteiger partial charge in [-0.3, -0.25) is 0 Å². The fourth-order valence-electron chi connectivity index (χ4n) is 1.56. The summed E-state index contributed by atoms with van der Waals surface area (Å²) >= 11 is 0. The molecule has 74 valence electrons. The van der Waals surface area contributed by atoms with E-state index in [1.165, 1.54) is 0 Å². The monoisotopic (exact) mass is 190 g/mol. The van der Waals surface area contributed by atoms with Crippen LogP contribution in [0, 0.1) is 0 Å². The first-order valence-corrected chi connectivity index (χ1v) is 4.69. The summed E-state index contributed by atoms with van der Waals surface area (Å²) in [5.74, 6) is 0. The number of fused-ring (bicyclic) bond motifs is 1. The van der Waals surface area contributed by atoms with Gasteiger partial charge in [-0.1, -0.05) is 6.07 Å². The summed E-state index contributed by atoms with van der Waals surface area (Å²) in [5.41, 5.74) is 7.89. The van der Waals surface area contributed by atoms with Crippen LogP contribution in [-0.4, -0.2) is 16.2 Å². The molecule has 2 aromatic rings. The Labute approximate surface area is 82.6 Å². The molecule has 1 heterocycles. The third-order valence-corrected chi connectivity index (χ3v) is 2.48. The van der Waals surface area contributed by atoms with Crippen LogP contribution in [0.5, 0.6) is 0 Å². The molecule has 0 aliphatic heterocycles. The minimum absolute atomic E-state index is 0.311. The standard InChI is InChI=1S/C11H14N2O/c1-7(14)11(12)9-2-3-10-8(6-9)4-5-13-10/h2-7,11,13-14H,12H2,1H3/t7-,11+/m0/s1. The summed E-state index contributed by atoms with van der Waals surface area (Å²) in [7, 11) is 0. The van der Waals surface area contributed by atoms with Crippen LogP contribution in [0.15, 0.2) is 30.5 Å². The first-order chi connectivity index (χ1) is 6.68. The lowest BCUT2D eigenvalue weighted by Gasteiger charge is -2.14. The van der Waals surface area contributed by atoms with Gasteiger partial charge in [0.05, 0.1) is 12.1 Å². The molecule has 0 bridgehead atoms. The molecule has 0 saturated carbocycles. The highest BCUT2D eigenvalue weighted by Crippen LogP contribution is 2.20. The number of H-pyrrole nitrogens is 1. The molecule has 4 N–H and O–H groups in total. The van der Waals surface area contributed by atoms with E-state index in [1.54, 1.807) is 6.92 Å². The van der Waals surface area contributed by atoms with Crippen molar-refractivity contribution >= 4 is 10.9 Å². The molecule has 3 heteroatoms. The van der Waals surface area contributed by atoms with Crippen molar-refractivity contribution in [2.24, 2.45) is 5.73 Å². The van der Waals surface area contributed by atoms with Gasteiger partial charge in [0.25, 0.3) is 0 Å². The SMILES string of the molecule is C[C@H](O)[C@@H](N)c1ccc2[nH]ccc2c1. The molecule has 14 heavy (non-hydrogen) atoms. The van der Waals surface area contributed by atoms with Crippen LogP contribution in [0.25, 0.3) is 10.9 Å². The largest absolute Gasteiger partial charge is 0.391 e. The van der Waals surface area contributed by atoms with Crippen LogP contribution >= 0.6 is 0 Å². The summed E-state index contributed by atoms with van der Waals surface area (Å²) < 4.78 is 0. The first kappa shape index (κ1) is 9.24. The average Bonchev–Trinajstić information content (AvgIpc) is 2.62. The normalized spacial score (nSPS) is 15.6. The van der Waals surface area contributed by atoms with Crippen LogP contribution in [0.3, 0.4) is 0 Å². The molecule has 0 radical (unpaired) electrons. The smallest absolute Gasteiger partial charge is 0.0704 e. The number of rotatable bonds is 2. The van der Waals surface area contributed by atoms with Crippen molar-refractivity contribution in [2.75, 3.05) is 0 Å². The number of nitrogens with one attached hydrogen (secondary N) is 1. The van der Waals surface area contributed by atoms with Crippen LogP contribution in [-0.2, 0) is 0 Å². The Morgan fingerprint density at radius 3 is 2.86 bits per heavy atom. The summed E-state index contributed by atoms with van der Waals surface area (Å²) in [6.45, 7) is 1.70. The van der Waals surface area contributed by atoms with Crippen molar-refractivity contribution in [1.82, 2.24) is 4.98 Å². The molecular weight excluding hydrogens is 176 g/mol. The Morgan fingerprint density at radius 2 is 2.14 bits per heavy atom. The highest BCUT2D eigenvalue weighted by atomic mass is 16.3. The van der Waals surface area contributed by atoms with Gasteiger partial charge in [0.2, 0.25) is 0 Å². The van der Waals surface area contributed by atoms with Crippen LogP contribution in [0.4, 0.5) is 0 Å². The van der Waals surface area contributed by atoms with E-state index < -0.39 is 6.10 Å². The molecule has 0 unspecified atom stereocenters. The number of aliphatic hydroxyl groups excluding tert-OH is 1. The quantitative estimate of drug-likeness (QED) is 0.672. The average molecular weight is 190 g/mol. The highest BCUT2D eigenvalue weighted by Gasteiger charge is 2.11. The third kappa shape index (κ3) is 1.52. The predicted molar refractivity (Wildman–Crippen MR) is 56.9 cm³/mol. The lowest BCUT2D eigenvalue weighted by Crippen LogP contribution is -2.22. The number of hydrogen-bond acceptors (Lipinski definition) is 2. The van der Waals surface area contributed by atoms with E-state index in [0.29, 0.717) is 0 Å². The van der Waals surface area contributed by atoms with E-state index in [9.17, 15) is 5.11 Å². The van der Waals surface area contributed by atoms with Gasteiger partial charge in [0.1, 0.15) is 0 Å². The molecule has 1 aromatic heterocycles. The van der Waals surface area contributed by atoms with Crippen molar-refractivity contribution < 1.29 is 5.11 Å². The van der Waals surface area contributed by atoms with Crippen molar-refractivity contribution in [2.45, 2.75) is 19.1 Å². The number of aromatic nitrogens is 1. The van der Waals surface area contributed by atoms with Crippen molar-refractivity contribution in [3.05, 3.63) is 36.0 Å². The highest BCUT2D eigenvalue weighted by molar-refractivity contribution is 5.80. The minimum Gasteiger partial charge on any atom is -0.391 e. The number of aliphatic hydroxyl groups is 1. The number of hydrogen-bond donors (Lipinski definition) is 3. The second-order valence-electron chi connectivity index (χ2n) is 3.59. The van der Waals surface area contributed by atoms with E-state index in [-0.39, 0.29) is 6.04 Å². The number of aromatic amines is 1. The van der Waals surface area contributed by atoms with Gasteiger partial charge < -0.3 is 15.8 Å². The zero-order valence-corrected chi connectivity index (χ0v) is 8.07. The summed E-state index contributed by atoms with van der Waals surface area (Å²) in [6.07, 6.45) is 1.37. The molecule has 0 saturated heterocycles. The van der Waals surface area contributed by atoms with Crippen LogP contribution in [0.2, 0.25) is 0 Å². The molecule has 0 amide bonds. The van der Waals surface area contributed by atoms with E-state index in [1.807, 2.05) is 30.5 Å². The molecule has 0 aliphatic rings. The first-order valence-electron chi connectivity index (χ1n) is 4.69. The fraction of sp³-hybridized carbons (Fsp3) is 0.273. The molecule has 0 fully saturated rings. The van der Waals surface area contributed by atoms with Crippen LogP contribution < -0.4 is 5.73 Å². The predicted octanol–water partition coefficient (Wildman–Crippen LogP) is 1.55. The minimum atomic E-state index is -0.522. The maximum Gasteiger partial charge on any atom is 0.0704 e. The van der Waals surface area contributed by atoms with E-state index in [4.69, 9.17) is 5.73 Å². The zero-order valence-electron chi connectivity index (χ0n) is 8.07. The van der Waals surface area contributed by atoms with Gasteiger partial charge >= 0.3 is 0 Å². The maximum atomic E-state index is 9.36. The van der Waals surface area contributed by atoms with Gasteiger partial charge in [0, 0.05) is 11.7 Å². The second-order valence-corrected chi connectivity index (χ2v) is 3.59. The molecule has 0 aliphatic carbocycles. The Morgan fingerprint density at radius 1 is 1.36 bits per heavy atom. The molecule has 2 rings (SSSR count). The Hall–Kier alpha value is -1.32. The lowest BCUT2D eigenvalue weighted by atomic mass is 10.0. The Kier molecular flexibility index (Phi) is 2.27. The molecule has 3 nitrogen and oxygen atoms in total. The van der Waals surface area contributed by atoms with Crippen molar-refractivity contribution in [3.8, 4) is 0 Å². The zero-order chi connectivity index (χ0) is 10.1. The van der Waals surface area contributed by atoms with Crippen LogP contribution in [0.1, 0.15) is 18.5 Å². The fourth-order valence-corrected chi connectivity index (χ4v) is 1.56. The molecule has 1 aromatic carbocycles. The van der Waals surface area contributed by atoms with Gasteiger partial charge in [-0.15, -0.1) is 0 Å². The summed E-state index contributed by atoms with van der Waals surface area (Å²) in [6, 6.07) is 7.61. The summed E-state index contributed by atoms with van der Waals surface area (Å²) in [5, 5.41) is 10.5. The van der Waals surface area contributed by atoms with Gasteiger partial charge in [-0.05, 0) is 36.1 Å². The number of benzene rings is 1. The van der Waals surface area contributed by atoms with Crippen molar-refractivity contribution in [3.63, 3.8) is 0 Å². The van der Waals surface area contributed by atoms with E-state index in [2.05, 4.69) is 4.98 Å². The Bertz CT molecular complexity index is 434. The third-order valence-electron chi connectivity index (χ3n) is 2.48. The van der Waals surface area contributed by atoms with E-state index in [0.717, 1.165) is 16.5 Å². The number of nitrogens with two attached hydrogens (primary N) is 1. The molecule has 0 spiro atoms. The maximum absolute atomic E-state index is 9.36. The summed E-state index contributed by atoms with van der Waals surface area (Å²) in [4.78, 5) is 3.11. The molecular formula is C11H14N2O. The lowest BCUT2D eigenvalue weighted by molar-refractivity contribution is 0.164. The van der Waals surface area contributed by atoms with Gasteiger partial charge in [0.15, 0.2) is 0 Å². The molecule has 2 atom stereocenters. The van der Waals surface area contributed by atoms with Gasteiger partial charge in [-0.25, -0.2) is 0 Å². The van der Waals surface area contributed by atoms with Crippen molar-refractivity contribution in [1.29, 1.82) is 0 Å².